The minimum Gasteiger partial charge on any atom is -0.306 e. The first kappa shape index (κ1) is 5.78. The molecule has 0 radical (unpaired) electrons. The van der Waals surface area contributed by atoms with Crippen molar-refractivity contribution in [1.82, 2.24) is 5.32 Å². The fourth-order valence-corrected chi connectivity index (χ4v) is 2.05. The molecule has 56 valence electrons. The summed E-state index contributed by atoms with van der Waals surface area (Å²) in [5.74, 6) is 0.886. The van der Waals surface area contributed by atoms with Gasteiger partial charge >= 0.3 is 0 Å². The van der Waals surface area contributed by atoms with Crippen LogP contribution in [0.15, 0.2) is 35.5 Å². The van der Waals surface area contributed by atoms with Crippen molar-refractivity contribution >= 4 is 0 Å². The summed E-state index contributed by atoms with van der Waals surface area (Å²) in [6, 6.07) is 0.536. The molecule has 0 aromatic rings. The highest BCUT2D eigenvalue weighted by molar-refractivity contribution is 5.48. The Kier molecular flexibility index (Phi) is 0.977. The van der Waals surface area contributed by atoms with Gasteiger partial charge in [-0.15, -0.1) is 0 Å². The van der Waals surface area contributed by atoms with Crippen LogP contribution < -0.4 is 5.32 Å². The summed E-state index contributed by atoms with van der Waals surface area (Å²) in [4.78, 5) is 0. The van der Waals surface area contributed by atoms with Crippen LogP contribution in [0, 0.1) is 5.92 Å². The predicted molar refractivity (Wildman–Crippen MR) is 45.2 cm³/mol. The maximum atomic E-state index is 3.52. The molecule has 0 saturated heterocycles. The molecule has 1 N–H and O–H groups in total. The van der Waals surface area contributed by atoms with Gasteiger partial charge in [-0.3, -0.25) is 0 Å². The smallest absolute Gasteiger partial charge is 0.0509 e. The third-order valence-electron chi connectivity index (χ3n) is 2.78. The molecule has 1 heterocycles. The summed E-state index contributed by atoms with van der Waals surface area (Å²) in [7, 11) is 0. The van der Waals surface area contributed by atoms with E-state index in [0.29, 0.717) is 6.04 Å². The summed E-state index contributed by atoms with van der Waals surface area (Å²) in [5.41, 5.74) is 3.25. The van der Waals surface area contributed by atoms with Crippen LogP contribution in [0.2, 0.25) is 0 Å². The number of allylic oxidation sites excluding steroid dienone is 2. The SMILES string of the molecule is C1=CC2=C3CC3CNC2C=C1. The molecule has 2 atom stereocenters. The molecule has 1 fully saturated rings. The maximum Gasteiger partial charge on any atom is 0.0509 e. The third-order valence-corrected chi connectivity index (χ3v) is 2.78. The van der Waals surface area contributed by atoms with Crippen molar-refractivity contribution in [2.75, 3.05) is 6.54 Å². The van der Waals surface area contributed by atoms with E-state index in [1.54, 1.807) is 11.1 Å². The summed E-state index contributed by atoms with van der Waals surface area (Å²) >= 11 is 0. The zero-order valence-electron chi connectivity index (χ0n) is 6.38. The van der Waals surface area contributed by atoms with E-state index < -0.39 is 0 Å². The second-order valence-corrected chi connectivity index (χ2v) is 3.51. The first-order chi connectivity index (χ1) is 5.45. The lowest BCUT2D eigenvalue weighted by Crippen LogP contribution is -2.34. The van der Waals surface area contributed by atoms with Gasteiger partial charge in [-0.05, 0) is 17.9 Å². The Bertz CT molecular complexity index is 283. The third kappa shape index (κ3) is 0.746. The number of nitrogens with one attached hydrogen (secondary N) is 1. The zero-order chi connectivity index (χ0) is 7.26. The number of fused-ring (bicyclic) bond motifs is 2. The first-order valence-corrected chi connectivity index (χ1v) is 4.26. The molecule has 1 saturated carbocycles. The minimum absolute atomic E-state index is 0.536. The van der Waals surface area contributed by atoms with Crippen molar-refractivity contribution in [1.29, 1.82) is 0 Å². The van der Waals surface area contributed by atoms with Crippen molar-refractivity contribution in [2.24, 2.45) is 5.92 Å². The van der Waals surface area contributed by atoms with Gasteiger partial charge < -0.3 is 5.32 Å². The van der Waals surface area contributed by atoms with Crippen LogP contribution in [0.25, 0.3) is 0 Å². The Morgan fingerprint density at radius 3 is 3.36 bits per heavy atom. The summed E-state index contributed by atoms with van der Waals surface area (Å²) in [6.45, 7) is 1.20. The van der Waals surface area contributed by atoms with E-state index in [4.69, 9.17) is 0 Å². The predicted octanol–water partition coefficient (Wildman–Crippen LogP) is 1.40. The molecule has 0 amide bonds. The van der Waals surface area contributed by atoms with E-state index in [-0.39, 0.29) is 0 Å². The minimum atomic E-state index is 0.536. The molecular formula is C10H11N. The summed E-state index contributed by atoms with van der Waals surface area (Å²) < 4.78 is 0. The molecule has 0 bridgehead atoms. The lowest BCUT2D eigenvalue weighted by atomic mass is 9.98. The van der Waals surface area contributed by atoms with Crippen molar-refractivity contribution in [2.45, 2.75) is 12.5 Å². The van der Waals surface area contributed by atoms with Gasteiger partial charge in [-0.25, -0.2) is 0 Å². The second-order valence-electron chi connectivity index (χ2n) is 3.51. The van der Waals surface area contributed by atoms with E-state index >= 15 is 0 Å². The topological polar surface area (TPSA) is 12.0 Å². The van der Waals surface area contributed by atoms with Gasteiger partial charge in [0.05, 0.1) is 6.04 Å². The van der Waals surface area contributed by atoms with Gasteiger partial charge in [0, 0.05) is 6.54 Å². The lowest BCUT2D eigenvalue weighted by molar-refractivity contribution is 0.602. The van der Waals surface area contributed by atoms with Crippen LogP contribution in [0.1, 0.15) is 6.42 Å². The normalized spacial score (nSPS) is 38.5. The summed E-state index contributed by atoms with van der Waals surface area (Å²) in [5, 5.41) is 3.52. The quantitative estimate of drug-likeness (QED) is 0.543. The second kappa shape index (κ2) is 1.86. The Morgan fingerprint density at radius 2 is 2.36 bits per heavy atom. The number of hydrogen-bond acceptors (Lipinski definition) is 1. The Balaban J connectivity index is 2.08. The fraction of sp³-hybridized carbons (Fsp3) is 0.400. The van der Waals surface area contributed by atoms with E-state index in [1.807, 2.05) is 0 Å². The van der Waals surface area contributed by atoms with Crippen LogP contribution in [0.5, 0.6) is 0 Å². The summed E-state index contributed by atoms with van der Waals surface area (Å²) in [6.07, 6.45) is 10.1. The van der Waals surface area contributed by atoms with E-state index in [1.165, 1.54) is 13.0 Å². The van der Waals surface area contributed by atoms with Gasteiger partial charge in [-0.2, -0.15) is 0 Å². The molecule has 1 nitrogen and oxygen atoms in total. The molecule has 1 heteroatoms. The van der Waals surface area contributed by atoms with Gasteiger partial charge in [0.2, 0.25) is 0 Å². The molecular weight excluding hydrogens is 134 g/mol. The Labute approximate surface area is 66.5 Å². The standard InChI is InChI=1S/C10H11N/c1-2-4-10-8(3-1)9-5-7(9)6-11-10/h1-4,7,10-11H,5-6H2. The molecule has 1 aliphatic heterocycles. The largest absolute Gasteiger partial charge is 0.306 e. The molecule has 2 aliphatic carbocycles. The fourth-order valence-electron chi connectivity index (χ4n) is 2.05. The average Bonchev–Trinajstić information content (AvgIpc) is 2.83. The van der Waals surface area contributed by atoms with Crippen molar-refractivity contribution in [3.63, 3.8) is 0 Å². The zero-order valence-corrected chi connectivity index (χ0v) is 6.38. The van der Waals surface area contributed by atoms with E-state index in [9.17, 15) is 0 Å². The molecule has 0 spiro atoms. The highest BCUT2D eigenvalue weighted by Crippen LogP contribution is 2.44. The molecule has 3 aliphatic rings. The molecule has 2 unspecified atom stereocenters. The molecule has 3 rings (SSSR count). The van der Waals surface area contributed by atoms with Crippen LogP contribution in [-0.2, 0) is 0 Å². The van der Waals surface area contributed by atoms with Crippen LogP contribution in [0.3, 0.4) is 0 Å². The Morgan fingerprint density at radius 1 is 1.36 bits per heavy atom. The number of rotatable bonds is 0. The average molecular weight is 145 g/mol. The Hall–Kier alpha value is -0.820. The van der Waals surface area contributed by atoms with E-state index in [2.05, 4.69) is 29.6 Å². The number of hydrogen-bond donors (Lipinski definition) is 1. The van der Waals surface area contributed by atoms with Gasteiger partial charge in [-0.1, -0.05) is 29.9 Å². The molecule has 0 aromatic carbocycles. The highest BCUT2D eigenvalue weighted by atomic mass is 14.9. The van der Waals surface area contributed by atoms with Crippen LogP contribution in [-0.4, -0.2) is 12.6 Å². The lowest BCUT2D eigenvalue weighted by Gasteiger charge is -2.22. The van der Waals surface area contributed by atoms with E-state index in [0.717, 1.165) is 5.92 Å². The van der Waals surface area contributed by atoms with Crippen molar-refractivity contribution in [3.05, 3.63) is 35.5 Å². The molecule has 11 heavy (non-hydrogen) atoms. The van der Waals surface area contributed by atoms with Crippen molar-refractivity contribution in [3.8, 4) is 0 Å². The maximum absolute atomic E-state index is 3.52. The van der Waals surface area contributed by atoms with Crippen LogP contribution in [0.4, 0.5) is 0 Å². The monoisotopic (exact) mass is 145 g/mol. The van der Waals surface area contributed by atoms with Crippen molar-refractivity contribution < 1.29 is 0 Å². The molecule has 0 aromatic heterocycles. The highest BCUT2D eigenvalue weighted by Gasteiger charge is 2.37. The first-order valence-electron chi connectivity index (χ1n) is 4.26. The van der Waals surface area contributed by atoms with Gasteiger partial charge in [0.25, 0.3) is 0 Å². The van der Waals surface area contributed by atoms with Gasteiger partial charge in [0.15, 0.2) is 0 Å². The van der Waals surface area contributed by atoms with Crippen LogP contribution >= 0.6 is 0 Å². The van der Waals surface area contributed by atoms with Gasteiger partial charge in [0.1, 0.15) is 0 Å².